The van der Waals surface area contributed by atoms with E-state index in [-0.39, 0.29) is 0 Å². The summed E-state index contributed by atoms with van der Waals surface area (Å²) in [7, 11) is 0. The van der Waals surface area contributed by atoms with Gasteiger partial charge in [-0.2, -0.15) is 5.01 Å². The molecule has 0 aromatic heterocycles. The van der Waals surface area contributed by atoms with Crippen LogP contribution in [0.25, 0.3) is 0 Å². The van der Waals surface area contributed by atoms with Crippen molar-refractivity contribution < 1.29 is 14.4 Å². The molecule has 1 aliphatic heterocycles. The van der Waals surface area contributed by atoms with Gasteiger partial charge >= 0.3 is 6.03 Å². The Bertz CT molecular complexity index is 766. The Labute approximate surface area is 144 Å². The predicted octanol–water partition coefficient (Wildman–Crippen LogP) is 0.860. The van der Waals surface area contributed by atoms with Gasteiger partial charge in [0.15, 0.2) is 5.54 Å². The number of carbonyl (C=O) groups is 3. The molecule has 25 heavy (non-hydrogen) atoms. The molecule has 3 rings (SSSR count). The predicted molar refractivity (Wildman–Crippen MR) is 90.8 cm³/mol. The van der Waals surface area contributed by atoms with Crippen LogP contribution in [0.5, 0.6) is 0 Å². The molecule has 1 heterocycles. The smallest absolute Gasteiger partial charge is 0.320 e. The summed E-state index contributed by atoms with van der Waals surface area (Å²) in [5.74, 6) is -1.22. The van der Waals surface area contributed by atoms with Gasteiger partial charge in [-0.3, -0.25) is 15.0 Å². The van der Waals surface area contributed by atoms with Crippen LogP contribution >= 0.6 is 0 Å². The number of urea groups is 1. The quantitative estimate of drug-likeness (QED) is 0.719. The first-order chi connectivity index (χ1) is 12.0. The lowest BCUT2D eigenvalue weighted by Gasteiger charge is -2.27. The molecule has 0 aliphatic carbocycles. The summed E-state index contributed by atoms with van der Waals surface area (Å²) in [6.45, 7) is 1.47. The van der Waals surface area contributed by atoms with Crippen molar-refractivity contribution in [1.82, 2.24) is 15.8 Å². The number of hydrogen-bond donors (Lipinski definition) is 3. The van der Waals surface area contributed by atoms with Crippen LogP contribution in [0, 0.1) is 0 Å². The first-order valence-corrected chi connectivity index (χ1v) is 7.80. The SMILES string of the molecule is C[C@H](N)C(=O)NN1C(=O)NC(c2ccccc2)(c2ccccc2)C1=O. The summed E-state index contributed by atoms with van der Waals surface area (Å²) in [4.78, 5) is 37.5. The highest BCUT2D eigenvalue weighted by molar-refractivity contribution is 6.10. The highest BCUT2D eigenvalue weighted by Gasteiger charge is 2.54. The second-order valence-electron chi connectivity index (χ2n) is 5.82. The Morgan fingerprint density at radius 3 is 1.96 bits per heavy atom. The van der Waals surface area contributed by atoms with Crippen LogP contribution in [0.4, 0.5) is 4.79 Å². The molecule has 1 fully saturated rings. The molecular formula is C18H18N4O3. The van der Waals surface area contributed by atoms with E-state index in [1.165, 1.54) is 6.92 Å². The zero-order valence-electron chi connectivity index (χ0n) is 13.6. The van der Waals surface area contributed by atoms with Gasteiger partial charge in [0.1, 0.15) is 0 Å². The van der Waals surface area contributed by atoms with E-state index in [4.69, 9.17) is 5.73 Å². The van der Waals surface area contributed by atoms with Gasteiger partial charge in [0, 0.05) is 0 Å². The number of imide groups is 1. The highest BCUT2D eigenvalue weighted by atomic mass is 16.2. The molecule has 7 heteroatoms. The molecule has 4 N–H and O–H groups in total. The van der Waals surface area contributed by atoms with Crippen LogP contribution in [0.2, 0.25) is 0 Å². The van der Waals surface area contributed by atoms with Gasteiger partial charge in [0.2, 0.25) is 0 Å². The van der Waals surface area contributed by atoms with E-state index in [1.54, 1.807) is 48.5 Å². The van der Waals surface area contributed by atoms with Crippen molar-refractivity contribution in [2.45, 2.75) is 18.5 Å². The standard InChI is InChI=1S/C18H18N4O3/c1-12(19)15(23)21-22-16(24)18(20-17(22)25,13-8-4-2-5-9-13)14-10-6-3-7-11-14/h2-12H,19H2,1H3,(H,20,25)(H,21,23)/t12-/m0/s1. The third kappa shape index (κ3) is 2.74. The normalized spacial score (nSPS) is 17.1. The minimum atomic E-state index is -1.41. The molecule has 128 valence electrons. The van der Waals surface area contributed by atoms with E-state index in [9.17, 15) is 14.4 Å². The number of hydrogen-bond acceptors (Lipinski definition) is 4. The van der Waals surface area contributed by atoms with E-state index in [0.717, 1.165) is 0 Å². The first-order valence-electron chi connectivity index (χ1n) is 7.80. The number of carbonyl (C=O) groups excluding carboxylic acids is 3. The molecule has 2 aromatic rings. The van der Waals surface area contributed by atoms with E-state index in [1.807, 2.05) is 12.1 Å². The van der Waals surface area contributed by atoms with E-state index < -0.39 is 29.4 Å². The van der Waals surface area contributed by atoms with Gasteiger partial charge in [0.25, 0.3) is 11.8 Å². The van der Waals surface area contributed by atoms with Gasteiger partial charge in [-0.15, -0.1) is 0 Å². The molecule has 0 spiro atoms. The van der Waals surface area contributed by atoms with Crippen molar-refractivity contribution in [3.05, 3.63) is 71.8 Å². The monoisotopic (exact) mass is 338 g/mol. The van der Waals surface area contributed by atoms with Gasteiger partial charge in [-0.25, -0.2) is 4.79 Å². The lowest BCUT2D eigenvalue weighted by Crippen LogP contribution is -2.52. The second kappa shape index (κ2) is 6.37. The average Bonchev–Trinajstić information content (AvgIpc) is 2.88. The van der Waals surface area contributed by atoms with Crippen LogP contribution in [0.1, 0.15) is 18.1 Å². The van der Waals surface area contributed by atoms with Crippen molar-refractivity contribution >= 4 is 17.8 Å². The second-order valence-corrected chi connectivity index (χ2v) is 5.82. The molecule has 0 radical (unpaired) electrons. The third-order valence-corrected chi connectivity index (χ3v) is 4.07. The number of nitrogens with one attached hydrogen (secondary N) is 2. The molecule has 1 saturated heterocycles. The maximum Gasteiger partial charge on any atom is 0.344 e. The number of hydrazine groups is 1. The van der Waals surface area contributed by atoms with Crippen molar-refractivity contribution in [2.24, 2.45) is 5.73 Å². The third-order valence-electron chi connectivity index (χ3n) is 4.07. The minimum Gasteiger partial charge on any atom is -0.320 e. The fraction of sp³-hybridized carbons (Fsp3) is 0.167. The lowest BCUT2D eigenvalue weighted by molar-refractivity contribution is -0.138. The fourth-order valence-corrected chi connectivity index (χ4v) is 2.78. The first kappa shape index (κ1) is 16.7. The van der Waals surface area contributed by atoms with Crippen LogP contribution < -0.4 is 16.5 Å². The summed E-state index contributed by atoms with van der Waals surface area (Å²) in [5.41, 5.74) is 7.57. The molecule has 0 bridgehead atoms. The number of amides is 4. The molecular weight excluding hydrogens is 320 g/mol. The van der Waals surface area contributed by atoms with Gasteiger partial charge in [-0.1, -0.05) is 60.7 Å². The van der Waals surface area contributed by atoms with Crippen molar-refractivity contribution in [2.75, 3.05) is 0 Å². The number of rotatable bonds is 4. The summed E-state index contributed by atoms with van der Waals surface area (Å²) in [5, 5.41) is 3.41. The maximum atomic E-state index is 13.2. The van der Waals surface area contributed by atoms with Gasteiger partial charge < -0.3 is 11.1 Å². The van der Waals surface area contributed by atoms with Crippen LogP contribution in [0.3, 0.4) is 0 Å². The molecule has 4 amide bonds. The summed E-state index contributed by atoms with van der Waals surface area (Å²) in [6.07, 6.45) is 0. The van der Waals surface area contributed by atoms with Crippen LogP contribution in [0.15, 0.2) is 60.7 Å². The molecule has 7 nitrogen and oxygen atoms in total. The number of nitrogens with two attached hydrogens (primary N) is 1. The Kier molecular flexibility index (Phi) is 4.24. The zero-order chi connectivity index (χ0) is 18.0. The summed E-state index contributed by atoms with van der Waals surface area (Å²) < 4.78 is 0. The minimum absolute atomic E-state index is 0.594. The Hall–Kier alpha value is -3.19. The summed E-state index contributed by atoms with van der Waals surface area (Å²) in [6, 6.07) is 16.2. The molecule has 1 atom stereocenters. The number of benzene rings is 2. The van der Waals surface area contributed by atoms with Crippen molar-refractivity contribution in [3.63, 3.8) is 0 Å². The lowest BCUT2D eigenvalue weighted by atomic mass is 9.83. The fourth-order valence-electron chi connectivity index (χ4n) is 2.78. The van der Waals surface area contributed by atoms with Gasteiger partial charge in [-0.05, 0) is 18.1 Å². The molecule has 0 unspecified atom stereocenters. The van der Waals surface area contributed by atoms with E-state index in [2.05, 4.69) is 10.7 Å². The average molecular weight is 338 g/mol. The van der Waals surface area contributed by atoms with Crippen molar-refractivity contribution in [3.8, 4) is 0 Å². The van der Waals surface area contributed by atoms with Crippen LogP contribution in [-0.2, 0) is 15.1 Å². The topological polar surface area (TPSA) is 105 Å². The van der Waals surface area contributed by atoms with Crippen molar-refractivity contribution in [1.29, 1.82) is 0 Å². The Balaban J connectivity index is 2.10. The molecule has 2 aromatic carbocycles. The molecule has 1 aliphatic rings. The zero-order valence-corrected chi connectivity index (χ0v) is 13.6. The Morgan fingerprint density at radius 2 is 1.52 bits per heavy atom. The van der Waals surface area contributed by atoms with E-state index in [0.29, 0.717) is 16.1 Å². The largest absolute Gasteiger partial charge is 0.344 e. The number of nitrogens with zero attached hydrogens (tertiary/aromatic N) is 1. The molecule has 0 saturated carbocycles. The maximum absolute atomic E-state index is 13.2. The van der Waals surface area contributed by atoms with Crippen LogP contribution in [-0.4, -0.2) is 28.9 Å². The summed E-state index contributed by atoms with van der Waals surface area (Å²) >= 11 is 0. The van der Waals surface area contributed by atoms with Gasteiger partial charge in [0.05, 0.1) is 6.04 Å². The Morgan fingerprint density at radius 1 is 1.04 bits per heavy atom. The highest BCUT2D eigenvalue weighted by Crippen LogP contribution is 2.35. The van der Waals surface area contributed by atoms with E-state index >= 15 is 0 Å².